The van der Waals surface area contributed by atoms with Gasteiger partial charge in [0.15, 0.2) is 5.69 Å². The molecule has 2 rings (SSSR count). The Morgan fingerprint density at radius 2 is 1.95 bits per heavy atom. The molecular formula is C16H20N2O3. The van der Waals surface area contributed by atoms with Crippen molar-refractivity contribution in [1.29, 1.82) is 0 Å². The SMILES string of the molecule is CCOC(=O)c1nn(-c2ccccc2)c(OC)c1C(C)C. The first-order chi connectivity index (χ1) is 10.1. The van der Waals surface area contributed by atoms with Crippen molar-refractivity contribution in [3.8, 4) is 11.6 Å². The molecule has 2 aromatic rings. The monoisotopic (exact) mass is 288 g/mol. The van der Waals surface area contributed by atoms with Crippen LogP contribution in [0.2, 0.25) is 0 Å². The van der Waals surface area contributed by atoms with Crippen LogP contribution < -0.4 is 4.74 Å². The zero-order chi connectivity index (χ0) is 15.4. The van der Waals surface area contributed by atoms with Gasteiger partial charge < -0.3 is 9.47 Å². The summed E-state index contributed by atoms with van der Waals surface area (Å²) in [5.41, 5.74) is 1.92. The van der Waals surface area contributed by atoms with E-state index in [2.05, 4.69) is 5.10 Å². The van der Waals surface area contributed by atoms with Gasteiger partial charge >= 0.3 is 5.97 Å². The molecule has 0 atom stereocenters. The van der Waals surface area contributed by atoms with Crippen LogP contribution in [0.4, 0.5) is 0 Å². The van der Waals surface area contributed by atoms with Crippen LogP contribution in [0.15, 0.2) is 30.3 Å². The Kier molecular flexibility index (Phi) is 4.62. The van der Waals surface area contributed by atoms with E-state index in [-0.39, 0.29) is 5.92 Å². The molecule has 21 heavy (non-hydrogen) atoms. The summed E-state index contributed by atoms with van der Waals surface area (Å²) in [5, 5.41) is 4.41. The Hall–Kier alpha value is -2.30. The average Bonchev–Trinajstić information content (AvgIpc) is 2.88. The summed E-state index contributed by atoms with van der Waals surface area (Å²) in [6, 6.07) is 9.57. The third kappa shape index (κ3) is 2.91. The highest BCUT2D eigenvalue weighted by Gasteiger charge is 2.27. The molecule has 0 aliphatic heterocycles. The van der Waals surface area contributed by atoms with Crippen LogP contribution >= 0.6 is 0 Å². The molecule has 0 amide bonds. The van der Waals surface area contributed by atoms with Gasteiger partial charge in [-0.1, -0.05) is 32.0 Å². The Bertz CT molecular complexity index is 618. The van der Waals surface area contributed by atoms with E-state index in [0.717, 1.165) is 11.3 Å². The predicted molar refractivity (Wildman–Crippen MR) is 80.2 cm³/mol. The largest absolute Gasteiger partial charge is 0.481 e. The number of esters is 1. The summed E-state index contributed by atoms with van der Waals surface area (Å²) in [7, 11) is 1.58. The van der Waals surface area contributed by atoms with Crippen molar-refractivity contribution < 1.29 is 14.3 Å². The molecule has 1 aromatic heterocycles. The van der Waals surface area contributed by atoms with Gasteiger partial charge in [0, 0.05) is 0 Å². The summed E-state index contributed by atoms with van der Waals surface area (Å²) in [6.45, 7) is 6.09. The number of rotatable bonds is 5. The number of methoxy groups -OCH3 is 1. The second-order valence-corrected chi connectivity index (χ2v) is 4.89. The molecule has 0 radical (unpaired) electrons. The standard InChI is InChI=1S/C16H20N2O3/c1-5-21-16(19)14-13(11(2)3)15(20-4)18(17-14)12-9-7-6-8-10-12/h6-11H,5H2,1-4H3. The summed E-state index contributed by atoms with van der Waals surface area (Å²) in [4.78, 5) is 12.1. The average molecular weight is 288 g/mol. The third-order valence-electron chi connectivity index (χ3n) is 3.12. The summed E-state index contributed by atoms with van der Waals surface area (Å²) in [6.07, 6.45) is 0. The van der Waals surface area contributed by atoms with Gasteiger partial charge in [-0.15, -0.1) is 0 Å². The normalized spacial score (nSPS) is 10.7. The number of aromatic nitrogens is 2. The van der Waals surface area contributed by atoms with Gasteiger partial charge in [0.25, 0.3) is 0 Å². The lowest BCUT2D eigenvalue weighted by atomic mass is 10.0. The summed E-state index contributed by atoms with van der Waals surface area (Å²) in [5.74, 6) is 0.241. The van der Waals surface area contributed by atoms with Crippen LogP contribution in [0.1, 0.15) is 42.7 Å². The fourth-order valence-electron chi connectivity index (χ4n) is 2.23. The lowest BCUT2D eigenvalue weighted by molar-refractivity contribution is 0.0517. The molecule has 5 heteroatoms. The van der Waals surface area contributed by atoms with E-state index < -0.39 is 5.97 Å². The lowest BCUT2D eigenvalue weighted by Gasteiger charge is -2.10. The van der Waals surface area contributed by atoms with E-state index >= 15 is 0 Å². The topological polar surface area (TPSA) is 53.3 Å². The first-order valence-corrected chi connectivity index (χ1v) is 6.99. The zero-order valence-electron chi connectivity index (χ0n) is 12.8. The minimum absolute atomic E-state index is 0.0943. The second kappa shape index (κ2) is 6.43. The number of hydrogen-bond donors (Lipinski definition) is 0. The molecule has 1 heterocycles. The Balaban J connectivity index is 2.62. The van der Waals surface area contributed by atoms with Crippen molar-refractivity contribution in [2.45, 2.75) is 26.7 Å². The van der Waals surface area contributed by atoms with Gasteiger partial charge in [0.05, 0.1) is 25.0 Å². The Labute approximate surface area is 124 Å². The Morgan fingerprint density at radius 3 is 2.48 bits per heavy atom. The minimum Gasteiger partial charge on any atom is -0.481 e. The highest BCUT2D eigenvalue weighted by Crippen LogP contribution is 2.32. The number of carbonyl (C=O) groups is 1. The van der Waals surface area contributed by atoms with Crippen LogP contribution in [0.25, 0.3) is 5.69 Å². The number of benzene rings is 1. The molecule has 1 aromatic carbocycles. The first-order valence-electron chi connectivity index (χ1n) is 6.99. The van der Waals surface area contributed by atoms with Crippen molar-refractivity contribution in [3.63, 3.8) is 0 Å². The van der Waals surface area contributed by atoms with Gasteiger partial charge in [-0.3, -0.25) is 0 Å². The maximum absolute atomic E-state index is 12.1. The van der Waals surface area contributed by atoms with E-state index in [4.69, 9.17) is 9.47 Å². The van der Waals surface area contributed by atoms with Crippen LogP contribution in [0, 0.1) is 0 Å². The highest BCUT2D eigenvalue weighted by molar-refractivity contribution is 5.90. The number of para-hydroxylation sites is 1. The fourth-order valence-corrected chi connectivity index (χ4v) is 2.23. The molecule has 0 bridgehead atoms. The second-order valence-electron chi connectivity index (χ2n) is 4.89. The molecule has 112 valence electrons. The lowest BCUT2D eigenvalue weighted by Crippen LogP contribution is -2.09. The third-order valence-corrected chi connectivity index (χ3v) is 3.12. The van der Waals surface area contributed by atoms with Crippen molar-refractivity contribution in [2.24, 2.45) is 0 Å². The molecule has 0 spiro atoms. The molecule has 0 fully saturated rings. The molecule has 0 unspecified atom stereocenters. The zero-order valence-corrected chi connectivity index (χ0v) is 12.8. The molecule has 0 aliphatic carbocycles. The van der Waals surface area contributed by atoms with Crippen LogP contribution in [0.3, 0.4) is 0 Å². The van der Waals surface area contributed by atoms with Crippen LogP contribution in [0.5, 0.6) is 5.88 Å². The van der Waals surface area contributed by atoms with Gasteiger partial charge in [0.1, 0.15) is 0 Å². The van der Waals surface area contributed by atoms with Crippen LogP contribution in [-0.4, -0.2) is 29.5 Å². The molecular weight excluding hydrogens is 268 g/mol. The minimum atomic E-state index is -0.422. The number of hydrogen-bond acceptors (Lipinski definition) is 4. The molecule has 5 nitrogen and oxygen atoms in total. The van der Waals surface area contributed by atoms with E-state index in [1.54, 1.807) is 18.7 Å². The van der Waals surface area contributed by atoms with Crippen LogP contribution in [-0.2, 0) is 4.74 Å². The van der Waals surface area contributed by atoms with Gasteiger partial charge in [-0.25, -0.2) is 4.79 Å². The maximum Gasteiger partial charge on any atom is 0.359 e. The summed E-state index contributed by atoms with van der Waals surface area (Å²) >= 11 is 0. The highest BCUT2D eigenvalue weighted by atomic mass is 16.5. The molecule has 0 saturated carbocycles. The van der Waals surface area contributed by atoms with E-state index in [0.29, 0.717) is 18.2 Å². The molecule has 0 saturated heterocycles. The molecule has 0 N–H and O–H groups in total. The number of nitrogens with zero attached hydrogens (tertiary/aromatic N) is 2. The van der Waals surface area contributed by atoms with Gasteiger partial charge in [-0.05, 0) is 25.0 Å². The van der Waals surface area contributed by atoms with Gasteiger partial charge in [0.2, 0.25) is 5.88 Å². The van der Waals surface area contributed by atoms with Gasteiger partial charge in [-0.2, -0.15) is 9.78 Å². The smallest absolute Gasteiger partial charge is 0.359 e. The number of carbonyl (C=O) groups excluding carboxylic acids is 1. The van der Waals surface area contributed by atoms with Crippen molar-refractivity contribution in [3.05, 3.63) is 41.6 Å². The summed E-state index contributed by atoms with van der Waals surface area (Å²) < 4.78 is 12.2. The predicted octanol–water partition coefficient (Wildman–Crippen LogP) is 3.18. The van der Waals surface area contributed by atoms with Crippen molar-refractivity contribution in [1.82, 2.24) is 9.78 Å². The fraction of sp³-hybridized carbons (Fsp3) is 0.375. The van der Waals surface area contributed by atoms with Crippen molar-refractivity contribution in [2.75, 3.05) is 13.7 Å². The van der Waals surface area contributed by atoms with E-state index in [1.807, 2.05) is 44.2 Å². The quantitative estimate of drug-likeness (QED) is 0.793. The first kappa shape index (κ1) is 15.1. The number of ether oxygens (including phenoxy) is 2. The maximum atomic E-state index is 12.1. The van der Waals surface area contributed by atoms with Crippen molar-refractivity contribution >= 4 is 5.97 Å². The molecule has 0 aliphatic rings. The van der Waals surface area contributed by atoms with E-state index in [9.17, 15) is 4.79 Å². The van der Waals surface area contributed by atoms with E-state index in [1.165, 1.54) is 0 Å². The Morgan fingerprint density at radius 1 is 1.29 bits per heavy atom.